The van der Waals surface area contributed by atoms with Gasteiger partial charge in [-0.05, 0) is 93.6 Å². The lowest BCUT2D eigenvalue weighted by molar-refractivity contribution is 0.668. The lowest BCUT2D eigenvalue weighted by Gasteiger charge is -2.36. The molecule has 0 fully saturated rings. The van der Waals surface area contributed by atoms with Crippen LogP contribution in [0.2, 0.25) is 52.4 Å². The maximum atomic E-state index is 6.77. The molecular weight excluding hydrogens is 865 g/mol. The Kier molecular flexibility index (Phi) is 9.33. The third kappa shape index (κ3) is 6.58. The van der Waals surface area contributed by atoms with Crippen molar-refractivity contribution in [3.05, 3.63) is 182 Å². The van der Waals surface area contributed by atoms with E-state index in [1.807, 2.05) is 0 Å². The van der Waals surface area contributed by atoms with Crippen LogP contribution >= 0.6 is 0 Å². The monoisotopic (exact) mass is 918 g/mol. The van der Waals surface area contributed by atoms with Gasteiger partial charge in [-0.25, -0.2) is 0 Å². The molecule has 11 aromatic rings. The summed E-state index contributed by atoms with van der Waals surface area (Å²) in [6.45, 7) is 19.6. The molecule has 0 unspecified atom stereocenters. The number of nitrogens with zero attached hydrogens (tertiary/aromatic N) is 2. The molecule has 0 radical (unpaired) electrons. The molecule has 0 bridgehead atoms. The quantitative estimate of drug-likeness (QED) is 0.142. The Balaban J connectivity index is 1.06. The maximum Gasteiger partial charge on any atom is 0.159 e. The van der Waals surface area contributed by atoms with Crippen molar-refractivity contribution in [2.75, 3.05) is 9.80 Å². The molecule has 2 aromatic heterocycles. The Morgan fingerprint density at radius 3 is 1.40 bits per heavy atom. The molecule has 12 rings (SSSR count). The van der Waals surface area contributed by atoms with E-state index in [4.69, 9.17) is 8.83 Å². The first kappa shape index (κ1) is 41.5. The fourth-order valence-corrected chi connectivity index (χ4v) is 16.2. The van der Waals surface area contributed by atoms with Gasteiger partial charge in [-0.3, -0.25) is 0 Å². The third-order valence-electron chi connectivity index (χ3n) is 14.4. The fraction of sp³-hybridized carbons (Fsp3) is 0.133. The van der Waals surface area contributed by atoms with E-state index >= 15 is 0 Å². The number of furan rings is 2. The maximum absolute atomic E-state index is 6.77. The van der Waals surface area contributed by atoms with Gasteiger partial charge < -0.3 is 18.6 Å². The van der Waals surface area contributed by atoms with E-state index < -0.39 is 24.2 Å². The van der Waals surface area contributed by atoms with Crippen molar-refractivity contribution in [3.63, 3.8) is 0 Å². The van der Waals surface area contributed by atoms with Crippen LogP contribution in [0.25, 0.3) is 65.8 Å². The summed E-state index contributed by atoms with van der Waals surface area (Å²) in [5, 5.41) is 12.9. The van der Waals surface area contributed by atoms with Gasteiger partial charge in [0.15, 0.2) is 11.2 Å². The van der Waals surface area contributed by atoms with E-state index in [2.05, 4.69) is 244 Å². The molecule has 0 saturated carbocycles. The molecule has 0 atom stereocenters. The van der Waals surface area contributed by atoms with Crippen LogP contribution in [-0.4, -0.2) is 24.2 Å². The first-order chi connectivity index (χ1) is 32.3. The fourth-order valence-electron chi connectivity index (χ4n) is 10.8. The van der Waals surface area contributed by atoms with Crippen LogP contribution < -0.4 is 30.5 Å². The zero-order valence-corrected chi connectivity index (χ0v) is 42.5. The summed E-state index contributed by atoms with van der Waals surface area (Å²) in [7, 11) is -5.41. The first-order valence-corrected chi connectivity index (χ1v) is 33.6. The summed E-state index contributed by atoms with van der Waals surface area (Å²) >= 11 is 0. The van der Waals surface area contributed by atoms with Crippen LogP contribution in [0, 0.1) is 0 Å². The van der Waals surface area contributed by atoms with Crippen molar-refractivity contribution in [3.8, 4) is 11.1 Å². The molecule has 1 aliphatic heterocycles. The molecule has 0 amide bonds. The molecular formula is C60H54N2O2Si3. The van der Waals surface area contributed by atoms with Gasteiger partial charge in [0.2, 0.25) is 0 Å². The van der Waals surface area contributed by atoms with Crippen molar-refractivity contribution in [2.24, 2.45) is 0 Å². The smallest absolute Gasteiger partial charge is 0.159 e. The van der Waals surface area contributed by atoms with E-state index in [1.54, 1.807) is 0 Å². The Labute approximate surface area is 395 Å². The lowest BCUT2D eigenvalue weighted by atomic mass is 9.95. The molecule has 9 aromatic carbocycles. The van der Waals surface area contributed by atoms with Gasteiger partial charge in [0, 0.05) is 44.0 Å². The molecule has 0 spiro atoms. The molecule has 0 saturated heterocycles. The standard InChI is InChI=1S/C60H54N2O2Si3/c1-65(2,3)42-31-26-39(27-32-42)61(52-21-13-18-48-44-16-9-11-23-54(44)63-59(48)52)41-30-35-46-47-36-37-51(50-20-15-25-56(58(47)50)67(7,8)57(46)38-41)62(40-28-33-43(34-29-40)66(4,5)6)53-22-14-19-49-45-17-10-12-24-55(45)64-60(49)53/h9-38H,1-8H3. The molecule has 0 N–H and O–H groups in total. The minimum Gasteiger partial charge on any atom is -0.454 e. The van der Waals surface area contributed by atoms with Gasteiger partial charge in [0.1, 0.15) is 19.2 Å². The Hall–Kier alpha value is -6.91. The highest BCUT2D eigenvalue weighted by molar-refractivity contribution is 7.03. The van der Waals surface area contributed by atoms with Crippen LogP contribution in [0.5, 0.6) is 0 Å². The van der Waals surface area contributed by atoms with Gasteiger partial charge in [-0.1, -0.05) is 178 Å². The highest BCUT2D eigenvalue weighted by Crippen LogP contribution is 2.48. The van der Waals surface area contributed by atoms with E-state index in [0.29, 0.717) is 0 Å². The van der Waals surface area contributed by atoms with Crippen LogP contribution in [-0.2, 0) is 0 Å². The summed E-state index contributed by atoms with van der Waals surface area (Å²) in [5.74, 6) is 0. The average molecular weight is 919 g/mol. The minimum absolute atomic E-state index is 0.893. The molecule has 7 heteroatoms. The van der Waals surface area contributed by atoms with Gasteiger partial charge >= 0.3 is 0 Å². The van der Waals surface area contributed by atoms with Gasteiger partial charge in [0.25, 0.3) is 0 Å². The lowest BCUT2D eigenvalue weighted by Crippen LogP contribution is -2.56. The number of benzene rings is 9. The van der Waals surface area contributed by atoms with E-state index in [1.165, 1.54) is 42.6 Å². The average Bonchev–Trinajstić information content (AvgIpc) is 3.91. The van der Waals surface area contributed by atoms with Gasteiger partial charge in [-0.2, -0.15) is 0 Å². The molecule has 0 aliphatic carbocycles. The highest BCUT2D eigenvalue weighted by atomic mass is 28.3. The highest BCUT2D eigenvalue weighted by Gasteiger charge is 2.37. The normalized spacial score (nSPS) is 13.5. The Bertz CT molecular complexity index is 3760. The van der Waals surface area contributed by atoms with Crippen molar-refractivity contribution in [2.45, 2.75) is 52.4 Å². The second kappa shape index (κ2) is 15.1. The summed E-state index contributed by atoms with van der Waals surface area (Å²) in [5.41, 5.74) is 12.8. The Morgan fingerprint density at radius 1 is 0.373 bits per heavy atom. The number of fused-ring (bicyclic) bond motifs is 8. The van der Waals surface area contributed by atoms with E-state index in [9.17, 15) is 0 Å². The molecule has 1 aliphatic rings. The topological polar surface area (TPSA) is 32.8 Å². The minimum atomic E-state index is -2.34. The number of rotatable bonds is 8. The Morgan fingerprint density at radius 2 is 0.836 bits per heavy atom. The van der Waals surface area contributed by atoms with Gasteiger partial charge in [-0.15, -0.1) is 0 Å². The third-order valence-corrected chi connectivity index (χ3v) is 22.0. The first-order valence-electron chi connectivity index (χ1n) is 23.6. The van der Waals surface area contributed by atoms with E-state index in [-0.39, 0.29) is 0 Å². The zero-order chi connectivity index (χ0) is 46.0. The summed E-state index contributed by atoms with van der Waals surface area (Å²) in [6, 6.07) is 67.6. The molecule has 4 nitrogen and oxygen atoms in total. The summed E-state index contributed by atoms with van der Waals surface area (Å²) in [4.78, 5) is 4.87. The van der Waals surface area contributed by atoms with Crippen LogP contribution in [0.15, 0.2) is 191 Å². The van der Waals surface area contributed by atoms with Crippen LogP contribution in [0.1, 0.15) is 0 Å². The van der Waals surface area contributed by atoms with Crippen molar-refractivity contribution >= 4 is 134 Å². The van der Waals surface area contributed by atoms with Crippen LogP contribution in [0.4, 0.5) is 34.1 Å². The summed E-state index contributed by atoms with van der Waals surface area (Å²) < 4.78 is 13.5. The predicted molar refractivity (Wildman–Crippen MR) is 296 cm³/mol. The van der Waals surface area contributed by atoms with Gasteiger partial charge in [0.05, 0.1) is 33.2 Å². The number of anilines is 6. The van der Waals surface area contributed by atoms with Crippen LogP contribution in [0.3, 0.4) is 0 Å². The predicted octanol–water partition coefficient (Wildman–Crippen LogP) is 15.5. The van der Waals surface area contributed by atoms with E-state index in [0.717, 1.165) is 78.0 Å². The number of para-hydroxylation sites is 4. The molecule has 3 heterocycles. The van der Waals surface area contributed by atoms with Crippen molar-refractivity contribution in [1.82, 2.24) is 0 Å². The number of hydrogen-bond acceptors (Lipinski definition) is 4. The summed E-state index contributed by atoms with van der Waals surface area (Å²) in [6.07, 6.45) is 0. The largest absolute Gasteiger partial charge is 0.454 e. The molecule has 328 valence electrons. The van der Waals surface area contributed by atoms with Crippen molar-refractivity contribution in [1.29, 1.82) is 0 Å². The second-order valence-electron chi connectivity index (χ2n) is 21.0. The SMILES string of the molecule is C[Si](C)(C)c1ccc(N(c2ccc3c(c2)[Si](C)(C)c2cccc4c(N(c5ccc([Si](C)(C)C)cc5)c5cccc6c5oc5ccccc56)ccc-3c24)c2cccc3c2oc2ccccc23)cc1. The molecule has 67 heavy (non-hydrogen) atoms. The number of hydrogen-bond donors (Lipinski definition) is 0. The van der Waals surface area contributed by atoms with Crippen molar-refractivity contribution < 1.29 is 8.83 Å². The zero-order valence-electron chi connectivity index (χ0n) is 39.5. The second-order valence-corrected chi connectivity index (χ2v) is 35.5.